The van der Waals surface area contributed by atoms with Crippen LogP contribution in [-0.4, -0.2) is 40.4 Å². The summed E-state index contributed by atoms with van der Waals surface area (Å²) in [5, 5.41) is 15.1. The van der Waals surface area contributed by atoms with Gasteiger partial charge in [-0.15, -0.1) is 0 Å². The molecule has 5 nitrogen and oxygen atoms in total. The van der Waals surface area contributed by atoms with Crippen molar-refractivity contribution in [3.8, 4) is 0 Å². The lowest BCUT2D eigenvalue weighted by Gasteiger charge is -2.15. The van der Waals surface area contributed by atoms with Crippen molar-refractivity contribution in [2.24, 2.45) is 0 Å². The van der Waals surface area contributed by atoms with Crippen LogP contribution in [0.25, 0.3) is 0 Å². The molecule has 0 saturated heterocycles. The van der Waals surface area contributed by atoms with Crippen LogP contribution in [0, 0.1) is 6.92 Å². The molecule has 1 N–H and O–H groups in total. The zero-order chi connectivity index (χ0) is 14.0. The number of likely N-dealkylation sites (N-methyl/N-ethyl adjacent to an activating group) is 1. The molecule has 0 aromatic carbocycles. The minimum atomic E-state index is -0.896. The van der Waals surface area contributed by atoms with Crippen LogP contribution in [0.5, 0.6) is 0 Å². The number of aliphatic hydroxyl groups is 1. The van der Waals surface area contributed by atoms with Gasteiger partial charge in [0.15, 0.2) is 6.10 Å². The second kappa shape index (κ2) is 5.77. The minimum absolute atomic E-state index is 0.446. The number of hydrogen-bond acceptors (Lipinski definition) is 4. The molecule has 0 aliphatic rings. The van der Waals surface area contributed by atoms with E-state index in [2.05, 4.69) is 5.10 Å². The van der Waals surface area contributed by atoms with Crippen molar-refractivity contribution in [3.05, 3.63) is 40.6 Å². The lowest BCUT2D eigenvalue weighted by molar-refractivity contribution is 0.176. The molecule has 19 heavy (non-hydrogen) atoms. The van der Waals surface area contributed by atoms with E-state index in [1.54, 1.807) is 17.1 Å². The SMILES string of the molecule is Cc1ccoc1C(O)c1c(Cl)cnn1CCN(C)C. The average Bonchev–Trinajstić information content (AvgIpc) is 2.92. The first kappa shape index (κ1) is 14.1. The van der Waals surface area contributed by atoms with E-state index < -0.39 is 6.10 Å². The third-order valence-electron chi connectivity index (χ3n) is 3.00. The van der Waals surface area contributed by atoms with Crippen molar-refractivity contribution >= 4 is 11.6 Å². The molecule has 2 rings (SSSR count). The van der Waals surface area contributed by atoms with Crippen LogP contribution < -0.4 is 0 Å². The highest BCUT2D eigenvalue weighted by molar-refractivity contribution is 6.31. The summed E-state index contributed by atoms with van der Waals surface area (Å²) in [4.78, 5) is 2.05. The van der Waals surface area contributed by atoms with Gasteiger partial charge >= 0.3 is 0 Å². The summed E-state index contributed by atoms with van der Waals surface area (Å²) in [7, 11) is 3.97. The van der Waals surface area contributed by atoms with Crippen LogP contribution in [0.4, 0.5) is 0 Å². The number of aromatic nitrogens is 2. The fourth-order valence-electron chi connectivity index (χ4n) is 1.91. The van der Waals surface area contributed by atoms with E-state index in [-0.39, 0.29) is 0 Å². The molecule has 0 saturated carbocycles. The molecule has 0 fully saturated rings. The molecule has 2 aromatic rings. The van der Waals surface area contributed by atoms with E-state index in [4.69, 9.17) is 16.0 Å². The maximum absolute atomic E-state index is 10.4. The molecule has 104 valence electrons. The van der Waals surface area contributed by atoms with Crippen molar-refractivity contribution in [1.29, 1.82) is 0 Å². The van der Waals surface area contributed by atoms with Gasteiger partial charge in [-0.2, -0.15) is 5.10 Å². The smallest absolute Gasteiger partial charge is 0.155 e. The summed E-state index contributed by atoms with van der Waals surface area (Å²) in [6, 6.07) is 1.81. The van der Waals surface area contributed by atoms with Gasteiger partial charge in [0.05, 0.1) is 29.7 Å². The van der Waals surface area contributed by atoms with Crippen molar-refractivity contribution in [3.63, 3.8) is 0 Å². The lowest BCUT2D eigenvalue weighted by atomic mass is 10.1. The maximum atomic E-state index is 10.4. The van der Waals surface area contributed by atoms with Crippen molar-refractivity contribution in [1.82, 2.24) is 14.7 Å². The molecule has 0 amide bonds. The fourth-order valence-corrected chi connectivity index (χ4v) is 2.15. The normalized spacial score (nSPS) is 13.2. The second-order valence-electron chi connectivity index (χ2n) is 4.77. The van der Waals surface area contributed by atoms with E-state index in [1.165, 1.54) is 0 Å². The Morgan fingerprint density at radius 1 is 1.53 bits per heavy atom. The molecular formula is C13H18ClN3O2. The number of rotatable bonds is 5. The highest BCUT2D eigenvalue weighted by Gasteiger charge is 2.23. The van der Waals surface area contributed by atoms with Crippen molar-refractivity contribution in [2.45, 2.75) is 19.6 Å². The Balaban J connectivity index is 2.28. The molecule has 0 bridgehead atoms. The molecule has 0 aliphatic heterocycles. The molecule has 2 aromatic heterocycles. The van der Waals surface area contributed by atoms with E-state index in [1.807, 2.05) is 32.0 Å². The Labute approximate surface area is 117 Å². The van der Waals surface area contributed by atoms with Crippen molar-refractivity contribution < 1.29 is 9.52 Å². The Morgan fingerprint density at radius 2 is 2.26 bits per heavy atom. The molecule has 1 unspecified atom stereocenters. The van der Waals surface area contributed by atoms with Gasteiger partial charge < -0.3 is 14.4 Å². The van der Waals surface area contributed by atoms with E-state index >= 15 is 0 Å². The van der Waals surface area contributed by atoms with Crippen LogP contribution in [-0.2, 0) is 6.54 Å². The summed E-state index contributed by atoms with van der Waals surface area (Å²) in [6.45, 7) is 3.36. The average molecular weight is 284 g/mol. The van der Waals surface area contributed by atoms with Gasteiger partial charge in [0.25, 0.3) is 0 Å². The van der Waals surface area contributed by atoms with Crippen LogP contribution in [0.15, 0.2) is 22.9 Å². The Kier molecular flexibility index (Phi) is 4.29. The van der Waals surface area contributed by atoms with Crippen LogP contribution >= 0.6 is 11.6 Å². The Morgan fingerprint density at radius 3 is 2.84 bits per heavy atom. The number of aryl methyl sites for hydroxylation is 1. The van der Waals surface area contributed by atoms with Gasteiger partial charge in [-0.3, -0.25) is 4.68 Å². The summed E-state index contributed by atoms with van der Waals surface area (Å²) >= 11 is 6.13. The highest BCUT2D eigenvalue weighted by atomic mass is 35.5. The maximum Gasteiger partial charge on any atom is 0.155 e. The summed E-state index contributed by atoms with van der Waals surface area (Å²) in [5.41, 5.74) is 1.46. The fraction of sp³-hybridized carbons (Fsp3) is 0.462. The molecule has 1 atom stereocenters. The molecule has 0 spiro atoms. The second-order valence-corrected chi connectivity index (χ2v) is 5.18. The third-order valence-corrected chi connectivity index (χ3v) is 3.29. The molecule has 6 heteroatoms. The Bertz CT molecular complexity index is 548. The van der Waals surface area contributed by atoms with Crippen molar-refractivity contribution in [2.75, 3.05) is 20.6 Å². The lowest BCUT2D eigenvalue weighted by Crippen LogP contribution is -2.21. The quantitative estimate of drug-likeness (QED) is 0.913. The van der Waals surface area contributed by atoms with E-state index in [9.17, 15) is 5.11 Å². The number of aliphatic hydroxyl groups excluding tert-OH is 1. The van der Waals surface area contributed by atoms with Crippen LogP contribution in [0.1, 0.15) is 23.1 Å². The first-order valence-electron chi connectivity index (χ1n) is 6.08. The minimum Gasteiger partial charge on any atom is -0.466 e. The summed E-state index contributed by atoms with van der Waals surface area (Å²) < 4.78 is 7.04. The predicted octanol–water partition coefficient (Wildman–Crippen LogP) is 2.08. The molecule has 0 aliphatic carbocycles. The van der Waals surface area contributed by atoms with Gasteiger partial charge in [-0.1, -0.05) is 11.6 Å². The topological polar surface area (TPSA) is 54.4 Å². The summed E-state index contributed by atoms with van der Waals surface area (Å²) in [5.74, 6) is 0.508. The first-order valence-corrected chi connectivity index (χ1v) is 6.46. The monoisotopic (exact) mass is 283 g/mol. The number of halogens is 1. The van der Waals surface area contributed by atoms with E-state index in [0.717, 1.165) is 12.1 Å². The summed E-state index contributed by atoms with van der Waals surface area (Å²) in [6.07, 6.45) is 2.21. The van der Waals surface area contributed by atoms with E-state index in [0.29, 0.717) is 23.0 Å². The standard InChI is InChI=1S/C13H18ClN3O2/c1-9-4-7-19-13(9)12(18)11-10(14)8-15-17(11)6-5-16(2)3/h4,7-8,12,18H,5-6H2,1-3H3. The molecule has 2 heterocycles. The number of furan rings is 1. The van der Waals surface area contributed by atoms with Gasteiger partial charge in [0.2, 0.25) is 0 Å². The van der Waals surface area contributed by atoms with Crippen LogP contribution in [0.3, 0.4) is 0 Å². The zero-order valence-corrected chi connectivity index (χ0v) is 12.1. The van der Waals surface area contributed by atoms with Crippen LogP contribution in [0.2, 0.25) is 5.02 Å². The zero-order valence-electron chi connectivity index (χ0n) is 11.3. The number of nitrogens with zero attached hydrogens (tertiary/aromatic N) is 3. The van der Waals surface area contributed by atoms with Gasteiger partial charge in [-0.25, -0.2) is 0 Å². The Hall–Kier alpha value is -1.30. The number of hydrogen-bond donors (Lipinski definition) is 1. The highest BCUT2D eigenvalue weighted by Crippen LogP contribution is 2.30. The molecular weight excluding hydrogens is 266 g/mol. The third kappa shape index (κ3) is 3.00. The van der Waals surface area contributed by atoms with Gasteiger partial charge in [-0.05, 0) is 32.6 Å². The van der Waals surface area contributed by atoms with Gasteiger partial charge in [0.1, 0.15) is 5.76 Å². The largest absolute Gasteiger partial charge is 0.466 e. The molecule has 0 radical (unpaired) electrons. The van der Waals surface area contributed by atoms with Gasteiger partial charge in [0, 0.05) is 6.54 Å². The first-order chi connectivity index (χ1) is 9.00. The predicted molar refractivity (Wildman–Crippen MR) is 73.3 cm³/mol.